The SMILES string of the molecule is C=C(C1=CCCC1)N1CCCC1. The van der Waals surface area contributed by atoms with E-state index in [1.165, 1.54) is 56.5 Å². The summed E-state index contributed by atoms with van der Waals surface area (Å²) in [5.41, 5.74) is 2.82. The lowest BCUT2D eigenvalue weighted by atomic mass is 10.2. The highest BCUT2D eigenvalue weighted by molar-refractivity contribution is 5.30. The molecule has 0 spiro atoms. The molecule has 1 aliphatic carbocycles. The normalized spacial score (nSPS) is 23.0. The largest absolute Gasteiger partial charge is 0.372 e. The van der Waals surface area contributed by atoms with Crippen LogP contribution >= 0.6 is 0 Å². The molecule has 2 rings (SSSR count). The zero-order valence-corrected chi connectivity index (χ0v) is 7.68. The molecule has 0 aromatic rings. The quantitative estimate of drug-likeness (QED) is 0.605. The Bertz CT molecular complexity index is 209. The number of hydrogen-bond acceptors (Lipinski definition) is 1. The lowest BCUT2D eigenvalue weighted by molar-refractivity contribution is 0.434. The first-order valence-electron chi connectivity index (χ1n) is 5.01. The molecule has 66 valence electrons. The number of allylic oxidation sites excluding steroid dienone is 2. The van der Waals surface area contributed by atoms with Gasteiger partial charge in [-0.2, -0.15) is 0 Å². The van der Waals surface area contributed by atoms with E-state index in [4.69, 9.17) is 0 Å². The van der Waals surface area contributed by atoms with Gasteiger partial charge < -0.3 is 4.90 Å². The average Bonchev–Trinajstić information content (AvgIpc) is 2.77. The van der Waals surface area contributed by atoms with Crippen molar-refractivity contribution in [2.75, 3.05) is 13.1 Å². The molecular formula is C11H17N. The molecule has 0 aromatic heterocycles. The van der Waals surface area contributed by atoms with E-state index in [0.29, 0.717) is 0 Å². The Hall–Kier alpha value is -0.720. The predicted molar refractivity (Wildman–Crippen MR) is 51.9 cm³/mol. The fourth-order valence-corrected chi connectivity index (χ4v) is 2.12. The van der Waals surface area contributed by atoms with Gasteiger partial charge in [0.25, 0.3) is 0 Å². The van der Waals surface area contributed by atoms with Crippen LogP contribution in [0.4, 0.5) is 0 Å². The van der Waals surface area contributed by atoms with E-state index >= 15 is 0 Å². The van der Waals surface area contributed by atoms with Gasteiger partial charge in [-0.25, -0.2) is 0 Å². The van der Waals surface area contributed by atoms with Gasteiger partial charge in [0.05, 0.1) is 0 Å². The number of rotatable bonds is 2. The fourth-order valence-electron chi connectivity index (χ4n) is 2.12. The second-order valence-electron chi connectivity index (χ2n) is 3.76. The van der Waals surface area contributed by atoms with E-state index in [9.17, 15) is 0 Å². The molecule has 0 aromatic carbocycles. The summed E-state index contributed by atoms with van der Waals surface area (Å²) in [5.74, 6) is 0. The highest BCUT2D eigenvalue weighted by Crippen LogP contribution is 2.27. The predicted octanol–water partition coefficient (Wildman–Crippen LogP) is 2.71. The van der Waals surface area contributed by atoms with Crippen molar-refractivity contribution in [3.8, 4) is 0 Å². The molecule has 0 unspecified atom stereocenters. The van der Waals surface area contributed by atoms with Gasteiger partial charge in [0, 0.05) is 18.8 Å². The van der Waals surface area contributed by atoms with Gasteiger partial charge in [0.15, 0.2) is 0 Å². The zero-order valence-electron chi connectivity index (χ0n) is 7.68. The van der Waals surface area contributed by atoms with Gasteiger partial charge >= 0.3 is 0 Å². The van der Waals surface area contributed by atoms with E-state index in [1.807, 2.05) is 0 Å². The molecule has 0 atom stereocenters. The molecule has 1 aliphatic heterocycles. The summed E-state index contributed by atoms with van der Waals surface area (Å²) in [5, 5.41) is 0. The third-order valence-corrected chi connectivity index (χ3v) is 2.90. The smallest absolute Gasteiger partial charge is 0.0322 e. The van der Waals surface area contributed by atoms with E-state index in [0.717, 1.165) is 0 Å². The van der Waals surface area contributed by atoms with Gasteiger partial charge in [0.1, 0.15) is 0 Å². The maximum atomic E-state index is 4.18. The first kappa shape index (κ1) is 7.90. The van der Waals surface area contributed by atoms with E-state index in [1.54, 1.807) is 0 Å². The van der Waals surface area contributed by atoms with Gasteiger partial charge in [-0.1, -0.05) is 12.7 Å². The van der Waals surface area contributed by atoms with Crippen LogP contribution in [0.1, 0.15) is 32.1 Å². The molecule has 1 heterocycles. The van der Waals surface area contributed by atoms with Crippen LogP contribution in [0.25, 0.3) is 0 Å². The second kappa shape index (κ2) is 3.34. The summed E-state index contributed by atoms with van der Waals surface area (Å²) in [4.78, 5) is 2.44. The summed E-state index contributed by atoms with van der Waals surface area (Å²) in [6.45, 7) is 6.64. The molecule has 1 nitrogen and oxygen atoms in total. The van der Waals surface area contributed by atoms with Crippen molar-refractivity contribution in [1.82, 2.24) is 4.90 Å². The maximum Gasteiger partial charge on any atom is 0.0322 e. The first-order chi connectivity index (χ1) is 5.88. The Kier molecular flexibility index (Phi) is 2.20. The van der Waals surface area contributed by atoms with Crippen molar-refractivity contribution in [3.63, 3.8) is 0 Å². The molecule has 0 amide bonds. The molecular weight excluding hydrogens is 146 g/mol. The highest BCUT2D eigenvalue weighted by Gasteiger charge is 2.17. The number of likely N-dealkylation sites (tertiary alicyclic amines) is 1. The third kappa shape index (κ3) is 1.40. The highest BCUT2D eigenvalue weighted by atomic mass is 15.1. The van der Waals surface area contributed by atoms with Crippen LogP contribution in [0.15, 0.2) is 23.9 Å². The molecule has 0 bridgehead atoms. The number of nitrogens with zero attached hydrogens (tertiary/aromatic N) is 1. The maximum absolute atomic E-state index is 4.18. The Morgan fingerprint density at radius 3 is 2.58 bits per heavy atom. The standard InChI is InChI=1S/C11H17N/c1-10(11-6-2-3-7-11)12-8-4-5-9-12/h6H,1-5,7-9H2. The van der Waals surface area contributed by atoms with Crippen LogP contribution in [-0.2, 0) is 0 Å². The van der Waals surface area contributed by atoms with Crippen LogP contribution < -0.4 is 0 Å². The monoisotopic (exact) mass is 163 g/mol. The molecule has 0 saturated carbocycles. The summed E-state index contributed by atoms with van der Waals surface area (Å²) >= 11 is 0. The lowest BCUT2D eigenvalue weighted by Crippen LogP contribution is -2.18. The van der Waals surface area contributed by atoms with Crippen LogP contribution in [0.3, 0.4) is 0 Å². The van der Waals surface area contributed by atoms with E-state index in [-0.39, 0.29) is 0 Å². The minimum Gasteiger partial charge on any atom is -0.372 e. The van der Waals surface area contributed by atoms with Crippen LogP contribution in [0.5, 0.6) is 0 Å². The van der Waals surface area contributed by atoms with Crippen molar-refractivity contribution >= 4 is 0 Å². The van der Waals surface area contributed by atoms with Crippen LogP contribution in [0.2, 0.25) is 0 Å². The Labute approximate surface area is 74.8 Å². The van der Waals surface area contributed by atoms with Crippen LogP contribution in [-0.4, -0.2) is 18.0 Å². The molecule has 0 N–H and O–H groups in total. The van der Waals surface area contributed by atoms with Gasteiger partial charge in [-0.05, 0) is 37.7 Å². The van der Waals surface area contributed by atoms with Gasteiger partial charge in [-0.3, -0.25) is 0 Å². The molecule has 1 heteroatoms. The van der Waals surface area contributed by atoms with Gasteiger partial charge in [-0.15, -0.1) is 0 Å². The second-order valence-corrected chi connectivity index (χ2v) is 3.76. The van der Waals surface area contributed by atoms with E-state index < -0.39 is 0 Å². The minimum absolute atomic E-state index is 1.23. The zero-order chi connectivity index (χ0) is 8.39. The van der Waals surface area contributed by atoms with Crippen LogP contribution in [0, 0.1) is 0 Å². The summed E-state index contributed by atoms with van der Waals surface area (Å²) < 4.78 is 0. The van der Waals surface area contributed by atoms with Crippen molar-refractivity contribution in [2.24, 2.45) is 0 Å². The summed E-state index contributed by atoms with van der Waals surface area (Å²) in [6, 6.07) is 0. The lowest BCUT2D eigenvalue weighted by Gasteiger charge is -2.21. The molecule has 0 radical (unpaired) electrons. The Morgan fingerprint density at radius 2 is 2.00 bits per heavy atom. The van der Waals surface area contributed by atoms with Crippen molar-refractivity contribution < 1.29 is 0 Å². The summed E-state index contributed by atoms with van der Waals surface area (Å²) in [6.07, 6.45) is 8.93. The molecule has 12 heavy (non-hydrogen) atoms. The first-order valence-corrected chi connectivity index (χ1v) is 5.01. The molecule has 2 aliphatic rings. The third-order valence-electron chi connectivity index (χ3n) is 2.90. The number of hydrogen-bond donors (Lipinski definition) is 0. The van der Waals surface area contributed by atoms with Crippen molar-refractivity contribution in [3.05, 3.63) is 23.9 Å². The topological polar surface area (TPSA) is 3.24 Å². The minimum atomic E-state index is 1.23. The summed E-state index contributed by atoms with van der Waals surface area (Å²) in [7, 11) is 0. The Morgan fingerprint density at radius 1 is 1.25 bits per heavy atom. The molecule has 1 saturated heterocycles. The fraction of sp³-hybridized carbons (Fsp3) is 0.636. The van der Waals surface area contributed by atoms with Gasteiger partial charge in [0.2, 0.25) is 0 Å². The van der Waals surface area contributed by atoms with Crippen molar-refractivity contribution in [2.45, 2.75) is 32.1 Å². The molecule has 1 fully saturated rings. The van der Waals surface area contributed by atoms with Crippen molar-refractivity contribution in [1.29, 1.82) is 0 Å². The van der Waals surface area contributed by atoms with E-state index in [2.05, 4.69) is 17.6 Å². The Balaban J connectivity index is 1.98. The average molecular weight is 163 g/mol.